The third-order valence-corrected chi connectivity index (χ3v) is 3.42. The lowest BCUT2D eigenvalue weighted by Crippen LogP contribution is -1.99. The van der Waals surface area contributed by atoms with Crippen LogP contribution < -0.4 is 0 Å². The van der Waals surface area contributed by atoms with Crippen molar-refractivity contribution in [3.63, 3.8) is 0 Å². The Morgan fingerprint density at radius 3 is 2.54 bits per heavy atom. The number of rotatable bonds is 3. The zero-order valence-corrected chi connectivity index (χ0v) is 8.73. The first-order valence-electron chi connectivity index (χ1n) is 3.75. The highest BCUT2D eigenvalue weighted by Gasteiger charge is 2.13. The molecule has 0 bridgehead atoms. The van der Waals surface area contributed by atoms with Crippen LogP contribution in [0.1, 0.15) is 6.92 Å². The van der Waals surface area contributed by atoms with Gasteiger partial charge in [0.05, 0.1) is 0 Å². The Morgan fingerprint density at radius 2 is 2.00 bits per heavy atom. The summed E-state index contributed by atoms with van der Waals surface area (Å²) in [7, 11) is -4.08. The molecule has 1 aromatic rings. The summed E-state index contributed by atoms with van der Waals surface area (Å²) in [6.45, 7) is 1.92. The molecule has 0 aliphatic rings. The van der Waals surface area contributed by atoms with E-state index in [1.54, 1.807) is 18.2 Å². The summed E-state index contributed by atoms with van der Waals surface area (Å²) in [4.78, 5) is 0.578. The fourth-order valence-electron chi connectivity index (χ4n) is 0.938. The minimum atomic E-state index is -4.08. The van der Waals surface area contributed by atoms with Crippen LogP contribution in [0.5, 0.6) is 0 Å². The van der Waals surface area contributed by atoms with Crippen LogP contribution in [0.3, 0.4) is 0 Å². The lowest BCUT2D eigenvalue weighted by Gasteiger charge is -2.03. The van der Waals surface area contributed by atoms with Gasteiger partial charge in [-0.05, 0) is 17.9 Å². The van der Waals surface area contributed by atoms with Gasteiger partial charge in [-0.1, -0.05) is 19.1 Å². The number of thioether (sulfide) groups is 1. The van der Waals surface area contributed by atoms with Crippen molar-refractivity contribution in [2.75, 3.05) is 5.75 Å². The van der Waals surface area contributed by atoms with Gasteiger partial charge in [0.25, 0.3) is 10.1 Å². The lowest BCUT2D eigenvalue weighted by molar-refractivity contribution is 0.481. The number of benzene rings is 1. The van der Waals surface area contributed by atoms with E-state index < -0.39 is 10.1 Å². The van der Waals surface area contributed by atoms with Gasteiger partial charge >= 0.3 is 0 Å². The standard InChI is InChI=1S/C8H10O3S2/c1-2-12-7-5-3-4-6-8(7)13(9,10)11/h3-6H,2H2,1H3,(H,9,10,11). The maximum Gasteiger partial charge on any atom is 0.295 e. The summed E-state index contributed by atoms with van der Waals surface area (Å²) in [6, 6.07) is 6.40. The molecule has 0 amide bonds. The van der Waals surface area contributed by atoms with Crippen LogP contribution in [0.15, 0.2) is 34.1 Å². The van der Waals surface area contributed by atoms with Crippen LogP contribution in [0, 0.1) is 0 Å². The molecule has 0 radical (unpaired) electrons. The Morgan fingerprint density at radius 1 is 1.38 bits per heavy atom. The van der Waals surface area contributed by atoms with Gasteiger partial charge in [-0.25, -0.2) is 0 Å². The molecule has 0 atom stereocenters. The molecule has 72 valence electrons. The van der Waals surface area contributed by atoms with Crippen molar-refractivity contribution in [2.24, 2.45) is 0 Å². The van der Waals surface area contributed by atoms with Gasteiger partial charge in [0.15, 0.2) is 0 Å². The highest BCUT2D eigenvalue weighted by Crippen LogP contribution is 2.25. The predicted octanol–water partition coefficient (Wildman–Crippen LogP) is 2.05. The molecule has 0 saturated carbocycles. The van der Waals surface area contributed by atoms with Crippen molar-refractivity contribution in [3.05, 3.63) is 24.3 Å². The zero-order chi connectivity index (χ0) is 9.90. The van der Waals surface area contributed by atoms with E-state index in [1.165, 1.54) is 17.8 Å². The Bertz CT molecular complexity index is 384. The van der Waals surface area contributed by atoms with E-state index in [4.69, 9.17) is 4.55 Å². The maximum atomic E-state index is 10.9. The first-order valence-corrected chi connectivity index (χ1v) is 6.17. The molecule has 0 fully saturated rings. The molecule has 13 heavy (non-hydrogen) atoms. The van der Waals surface area contributed by atoms with Crippen LogP contribution in [-0.4, -0.2) is 18.7 Å². The highest BCUT2D eigenvalue weighted by atomic mass is 32.2. The van der Waals surface area contributed by atoms with Crippen molar-refractivity contribution in [2.45, 2.75) is 16.7 Å². The van der Waals surface area contributed by atoms with Crippen molar-refractivity contribution < 1.29 is 13.0 Å². The first-order chi connectivity index (χ1) is 6.05. The van der Waals surface area contributed by atoms with Crippen LogP contribution in [0.25, 0.3) is 0 Å². The second-order valence-electron chi connectivity index (χ2n) is 2.35. The molecule has 1 N–H and O–H groups in total. The summed E-state index contributed by atoms with van der Waals surface area (Å²) in [5.41, 5.74) is 0. The molecule has 3 nitrogen and oxygen atoms in total. The number of hydrogen-bond donors (Lipinski definition) is 1. The molecule has 0 saturated heterocycles. The number of hydrogen-bond acceptors (Lipinski definition) is 3. The van der Waals surface area contributed by atoms with Gasteiger partial charge in [-0.15, -0.1) is 11.8 Å². The van der Waals surface area contributed by atoms with Crippen molar-refractivity contribution in [1.82, 2.24) is 0 Å². The van der Waals surface area contributed by atoms with Crippen LogP contribution in [0.2, 0.25) is 0 Å². The minimum absolute atomic E-state index is 0.0122. The van der Waals surface area contributed by atoms with E-state index in [-0.39, 0.29) is 4.90 Å². The van der Waals surface area contributed by atoms with E-state index in [0.29, 0.717) is 4.90 Å². The summed E-state index contributed by atoms with van der Waals surface area (Å²) >= 11 is 1.39. The van der Waals surface area contributed by atoms with Gasteiger partial charge < -0.3 is 0 Å². The topological polar surface area (TPSA) is 54.4 Å². The predicted molar refractivity (Wildman–Crippen MR) is 52.7 cm³/mol. The molecule has 0 aromatic heterocycles. The SMILES string of the molecule is CCSc1ccccc1S(=O)(=O)O. The first kappa shape index (κ1) is 10.6. The van der Waals surface area contributed by atoms with Crippen molar-refractivity contribution in [3.8, 4) is 0 Å². The third kappa shape index (κ3) is 2.72. The van der Waals surface area contributed by atoms with Gasteiger partial charge in [-0.2, -0.15) is 8.42 Å². The molecule has 1 rings (SSSR count). The van der Waals surface area contributed by atoms with Crippen molar-refractivity contribution in [1.29, 1.82) is 0 Å². The average Bonchev–Trinajstić information content (AvgIpc) is 2.04. The van der Waals surface area contributed by atoms with E-state index in [9.17, 15) is 8.42 Å². The molecule has 0 spiro atoms. The second kappa shape index (κ2) is 4.13. The van der Waals surface area contributed by atoms with Gasteiger partial charge in [0.2, 0.25) is 0 Å². The second-order valence-corrected chi connectivity index (χ2v) is 5.05. The fraction of sp³-hybridized carbons (Fsp3) is 0.250. The Labute approximate surface area is 81.9 Å². The molecule has 0 aliphatic carbocycles. The monoisotopic (exact) mass is 218 g/mol. The quantitative estimate of drug-likeness (QED) is 0.623. The summed E-state index contributed by atoms with van der Waals surface area (Å²) in [5.74, 6) is 0.770. The van der Waals surface area contributed by atoms with Gasteiger partial charge in [-0.3, -0.25) is 4.55 Å². The normalized spacial score (nSPS) is 11.5. The van der Waals surface area contributed by atoms with Crippen LogP contribution in [-0.2, 0) is 10.1 Å². The molecular formula is C8H10O3S2. The van der Waals surface area contributed by atoms with Crippen LogP contribution in [0.4, 0.5) is 0 Å². The molecule has 0 aliphatic heterocycles. The highest BCUT2D eigenvalue weighted by molar-refractivity contribution is 7.99. The molecule has 1 aromatic carbocycles. The molecule has 0 heterocycles. The Kier molecular flexibility index (Phi) is 3.35. The summed E-state index contributed by atoms with van der Waals surface area (Å²) in [6.07, 6.45) is 0. The smallest absolute Gasteiger partial charge is 0.282 e. The lowest BCUT2D eigenvalue weighted by atomic mass is 10.4. The fourth-order valence-corrected chi connectivity index (χ4v) is 2.70. The Hall–Kier alpha value is -0.520. The maximum absolute atomic E-state index is 10.9. The minimum Gasteiger partial charge on any atom is -0.282 e. The van der Waals surface area contributed by atoms with Gasteiger partial charge in [0.1, 0.15) is 4.90 Å². The summed E-state index contributed by atoms with van der Waals surface area (Å²) in [5, 5.41) is 0. The molecule has 0 unspecified atom stereocenters. The average molecular weight is 218 g/mol. The largest absolute Gasteiger partial charge is 0.295 e. The van der Waals surface area contributed by atoms with Gasteiger partial charge in [0, 0.05) is 4.90 Å². The third-order valence-electron chi connectivity index (χ3n) is 1.43. The van der Waals surface area contributed by atoms with E-state index in [1.807, 2.05) is 6.92 Å². The zero-order valence-electron chi connectivity index (χ0n) is 7.10. The van der Waals surface area contributed by atoms with Crippen molar-refractivity contribution >= 4 is 21.9 Å². The van der Waals surface area contributed by atoms with Crippen LogP contribution >= 0.6 is 11.8 Å². The van der Waals surface area contributed by atoms with E-state index >= 15 is 0 Å². The molecule has 5 heteroatoms. The Balaban J connectivity index is 3.20. The van der Waals surface area contributed by atoms with E-state index in [0.717, 1.165) is 5.75 Å². The van der Waals surface area contributed by atoms with E-state index in [2.05, 4.69) is 0 Å². The molecular weight excluding hydrogens is 208 g/mol. The summed E-state index contributed by atoms with van der Waals surface area (Å²) < 4.78 is 30.6.